The van der Waals surface area contributed by atoms with Crippen molar-refractivity contribution in [1.82, 2.24) is 19.8 Å². The molecular formula is C19H23N5O3. The van der Waals surface area contributed by atoms with Crippen LogP contribution in [0.1, 0.15) is 27.8 Å². The van der Waals surface area contributed by atoms with Crippen LogP contribution in [0.3, 0.4) is 0 Å². The molecule has 2 heterocycles. The number of piperazine rings is 1. The zero-order chi connectivity index (χ0) is 19.2. The van der Waals surface area contributed by atoms with Gasteiger partial charge in [-0.05, 0) is 38.2 Å². The molecule has 8 nitrogen and oxygen atoms in total. The van der Waals surface area contributed by atoms with Gasteiger partial charge >= 0.3 is 5.97 Å². The van der Waals surface area contributed by atoms with Crippen molar-refractivity contribution in [2.24, 2.45) is 0 Å². The van der Waals surface area contributed by atoms with Crippen molar-refractivity contribution in [3.63, 3.8) is 0 Å². The van der Waals surface area contributed by atoms with Crippen LogP contribution in [0.2, 0.25) is 0 Å². The minimum absolute atomic E-state index is 0.0964. The Morgan fingerprint density at radius 2 is 1.78 bits per heavy atom. The zero-order valence-corrected chi connectivity index (χ0v) is 15.5. The van der Waals surface area contributed by atoms with Crippen molar-refractivity contribution in [1.29, 1.82) is 0 Å². The number of rotatable bonds is 5. The highest BCUT2D eigenvalue weighted by Gasteiger charge is 2.21. The SMILES string of the molecule is CCOC(=O)c1ccc(Nc2cnc(C(=O)N3CCN(C)CC3)cn2)cc1. The number of nitrogens with zero attached hydrogens (tertiary/aromatic N) is 4. The number of anilines is 2. The number of esters is 1. The van der Waals surface area contributed by atoms with Crippen molar-refractivity contribution in [2.75, 3.05) is 45.2 Å². The van der Waals surface area contributed by atoms with Crippen molar-refractivity contribution in [2.45, 2.75) is 6.92 Å². The quantitative estimate of drug-likeness (QED) is 0.804. The summed E-state index contributed by atoms with van der Waals surface area (Å²) in [5.74, 6) is 0.0744. The molecule has 8 heteroatoms. The lowest BCUT2D eigenvalue weighted by Crippen LogP contribution is -2.47. The summed E-state index contributed by atoms with van der Waals surface area (Å²) < 4.78 is 4.96. The molecule has 0 aliphatic carbocycles. The molecule has 1 amide bonds. The number of amides is 1. The molecule has 1 fully saturated rings. The first-order chi connectivity index (χ1) is 13.1. The Bertz CT molecular complexity index is 784. The first-order valence-corrected chi connectivity index (χ1v) is 8.91. The minimum Gasteiger partial charge on any atom is -0.462 e. The Labute approximate surface area is 158 Å². The maximum absolute atomic E-state index is 12.5. The topological polar surface area (TPSA) is 87.7 Å². The maximum atomic E-state index is 12.5. The van der Waals surface area contributed by atoms with Gasteiger partial charge in [-0.3, -0.25) is 4.79 Å². The van der Waals surface area contributed by atoms with Gasteiger partial charge in [-0.2, -0.15) is 0 Å². The van der Waals surface area contributed by atoms with Crippen LogP contribution in [-0.4, -0.2) is 71.5 Å². The lowest BCUT2D eigenvalue weighted by Gasteiger charge is -2.32. The number of nitrogens with one attached hydrogen (secondary N) is 1. The third-order valence-electron chi connectivity index (χ3n) is 4.33. The van der Waals surface area contributed by atoms with Crippen LogP contribution < -0.4 is 5.32 Å². The molecule has 142 valence electrons. The summed E-state index contributed by atoms with van der Waals surface area (Å²) in [7, 11) is 2.04. The second kappa shape index (κ2) is 8.59. The van der Waals surface area contributed by atoms with Gasteiger partial charge in [-0.15, -0.1) is 0 Å². The number of hydrogen-bond donors (Lipinski definition) is 1. The Hall–Kier alpha value is -3.00. The average molecular weight is 369 g/mol. The fourth-order valence-electron chi connectivity index (χ4n) is 2.73. The molecule has 0 atom stereocenters. The van der Waals surface area contributed by atoms with E-state index in [1.54, 1.807) is 36.1 Å². The second-order valence-corrected chi connectivity index (χ2v) is 6.31. The summed E-state index contributed by atoms with van der Waals surface area (Å²) in [6, 6.07) is 6.88. The molecule has 0 bridgehead atoms. The summed E-state index contributed by atoms with van der Waals surface area (Å²) >= 11 is 0. The normalized spacial score (nSPS) is 14.7. The highest BCUT2D eigenvalue weighted by atomic mass is 16.5. The molecule has 1 saturated heterocycles. The molecule has 2 aromatic rings. The first kappa shape index (κ1) is 18.8. The van der Waals surface area contributed by atoms with E-state index in [4.69, 9.17) is 4.74 Å². The lowest BCUT2D eigenvalue weighted by molar-refractivity contribution is 0.0526. The standard InChI is InChI=1S/C19H23N5O3/c1-3-27-19(26)14-4-6-15(7-5-14)22-17-13-20-16(12-21-17)18(25)24-10-8-23(2)9-11-24/h4-7,12-13H,3,8-11H2,1-2H3,(H,21,22). The van der Waals surface area contributed by atoms with Crippen molar-refractivity contribution < 1.29 is 14.3 Å². The predicted octanol–water partition coefficient (Wildman–Crippen LogP) is 1.78. The van der Waals surface area contributed by atoms with Crippen molar-refractivity contribution >= 4 is 23.4 Å². The van der Waals surface area contributed by atoms with Gasteiger partial charge < -0.3 is 19.9 Å². The van der Waals surface area contributed by atoms with E-state index in [-0.39, 0.29) is 11.9 Å². The second-order valence-electron chi connectivity index (χ2n) is 6.31. The van der Waals surface area contributed by atoms with E-state index in [1.165, 1.54) is 12.4 Å². The third-order valence-corrected chi connectivity index (χ3v) is 4.33. The summed E-state index contributed by atoms with van der Waals surface area (Å²) in [6.07, 6.45) is 3.01. The van der Waals surface area contributed by atoms with E-state index < -0.39 is 0 Å². The van der Waals surface area contributed by atoms with Crippen LogP contribution in [0, 0.1) is 0 Å². The van der Waals surface area contributed by atoms with E-state index in [0.29, 0.717) is 36.8 Å². The fourth-order valence-corrected chi connectivity index (χ4v) is 2.73. The number of carbonyl (C=O) groups excluding carboxylic acids is 2. The monoisotopic (exact) mass is 369 g/mol. The molecule has 27 heavy (non-hydrogen) atoms. The van der Waals surface area contributed by atoms with Crippen LogP contribution in [0.5, 0.6) is 0 Å². The Balaban J connectivity index is 1.60. The van der Waals surface area contributed by atoms with E-state index in [9.17, 15) is 9.59 Å². The molecule has 1 aliphatic heterocycles. The average Bonchev–Trinajstić information content (AvgIpc) is 2.69. The van der Waals surface area contributed by atoms with Gasteiger partial charge in [0, 0.05) is 31.9 Å². The van der Waals surface area contributed by atoms with Gasteiger partial charge in [-0.25, -0.2) is 14.8 Å². The maximum Gasteiger partial charge on any atom is 0.338 e. The molecular weight excluding hydrogens is 346 g/mol. The summed E-state index contributed by atoms with van der Waals surface area (Å²) in [5.41, 5.74) is 1.58. The summed E-state index contributed by atoms with van der Waals surface area (Å²) in [6.45, 7) is 5.23. The van der Waals surface area contributed by atoms with Crippen LogP contribution in [0.15, 0.2) is 36.7 Å². The van der Waals surface area contributed by atoms with Gasteiger partial charge in [0.05, 0.1) is 24.6 Å². The van der Waals surface area contributed by atoms with E-state index >= 15 is 0 Å². The van der Waals surface area contributed by atoms with Crippen molar-refractivity contribution in [3.05, 3.63) is 47.9 Å². The largest absolute Gasteiger partial charge is 0.462 e. The smallest absolute Gasteiger partial charge is 0.338 e. The van der Waals surface area contributed by atoms with Crippen LogP contribution in [0.25, 0.3) is 0 Å². The molecule has 0 radical (unpaired) electrons. The number of benzene rings is 1. The van der Waals surface area contributed by atoms with Crippen molar-refractivity contribution in [3.8, 4) is 0 Å². The Kier molecular flexibility index (Phi) is 5.97. The molecule has 1 N–H and O–H groups in total. The van der Waals surface area contributed by atoms with Crippen LogP contribution in [-0.2, 0) is 4.74 Å². The van der Waals surface area contributed by atoms with E-state index in [0.717, 1.165) is 18.8 Å². The highest BCUT2D eigenvalue weighted by Crippen LogP contribution is 2.16. The van der Waals surface area contributed by atoms with Crippen LogP contribution >= 0.6 is 0 Å². The number of aromatic nitrogens is 2. The van der Waals surface area contributed by atoms with Gasteiger partial charge in [0.15, 0.2) is 0 Å². The van der Waals surface area contributed by atoms with E-state index in [2.05, 4.69) is 20.2 Å². The molecule has 0 saturated carbocycles. The van der Waals surface area contributed by atoms with Crippen LogP contribution in [0.4, 0.5) is 11.5 Å². The molecule has 1 aliphatic rings. The molecule has 1 aromatic heterocycles. The fraction of sp³-hybridized carbons (Fsp3) is 0.368. The summed E-state index contributed by atoms with van der Waals surface area (Å²) in [5, 5.41) is 3.10. The number of ether oxygens (including phenoxy) is 1. The molecule has 3 rings (SSSR count). The molecule has 1 aromatic carbocycles. The van der Waals surface area contributed by atoms with Gasteiger partial charge in [0.25, 0.3) is 5.91 Å². The Morgan fingerprint density at radius 1 is 1.07 bits per heavy atom. The number of likely N-dealkylation sites (N-methyl/N-ethyl adjacent to an activating group) is 1. The minimum atomic E-state index is -0.351. The van der Waals surface area contributed by atoms with Gasteiger partial charge in [0.1, 0.15) is 11.5 Å². The number of carbonyl (C=O) groups is 2. The van der Waals surface area contributed by atoms with E-state index in [1.807, 2.05) is 7.05 Å². The summed E-state index contributed by atoms with van der Waals surface area (Å²) in [4.78, 5) is 36.6. The zero-order valence-electron chi connectivity index (χ0n) is 15.5. The van der Waals surface area contributed by atoms with Gasteiger partial charge in [-0.1, -0.05) is 0 Å². The Morgan fingerprint density at radius 3 is 2.37 bits per heavy atom. The lowest BCUT2D eigenvalue weighted by atomic mass is 10.2. The molecule has 0 unspecified atom stereocenters. The first-order valence-electron chi connectivity index (χ1n) is 8.91. The predicted molar refractivity (Wildman–Crippen MR) is 101 cm³/mol. The molecule has 0 spiro atoms. The third kappa shape index (κ3) is 4.79. The number of hydrogen-bond acceptors (Lipinski definition) is 7. The highest BCUT2D eigenvalue weighted by molar-refractivity contribution is 5.92. The van der Waals surface area contributed by atoms with Gasteiger partial charge in [0.2, 0.25) is 0 Å².